The molecule has 0 spiro atoms. The van der Waals surface area contributed by atoms with E-state index < -0.39 is 10.0 Å². The SMILES string of the molecule is CCn1cc(S(=O)(=O)N2CCCC2CNC)nc1C.Cl. The van der Waals surface area contributed by atoms with Crippen LogP contribution < -0.4 is 5.32 Å². The van der Waals surface area contributed by atoms with Crippen LogP contribution in [-0.4, -0.2) is 48.5 Å². The van der Waals surface area contributed by atoms with Gasteiger partial charge < -0.3 is 9.88 Å². The molecule has 1 N–H and O–H groups in total. The number of halogens is 1. The summed E-state index contributed by atoms with van der Waals surface area (Å²) in [7, 11) is -1.61. The molecule has 1 aromatic heterocycles. The van der Waals surface area contributed by atoms with Crippen LogP contribution in [0.25, 0.3) is 0 Å². The highest BCUT2D eigenvalue weighted by Gasteiger charge is 2.36. The molecule has 1 aliphatic heterocycles. The molecule has 0 aliphatic carbocycles. The van der Waals surface area contributed by atoms with E-state index in [0.717, 1.165) is 25.2 Å². The highest BCUT2D eigenvalue weighted by molar-refractivity contribution is 7.89. The van der Waals surface area contributed by atoms with Gasteiger partial charge in [0.15, 0.2) is 5.03 Å². The molecule has 1 unspecified atom stereocenters. The highest BCUT2D eigenvalue weighted by Crippen LogP contribution is 2.25. The second kappa shape index (κ2) is 6.89. The van der Waals surface area contributed by atoms with Crippen LogP contribution in [0.4, 0.5) is 0 Å². The number of rotatable bonds is 5. The molecule has 0 bridgehead atoms. The highest BCUT2D eigenvalue weighted by atomic mass is 35.5. The molecular weight excluding hydrogens is 300 g/mol. The molecule has 1 saturated heterocycles. The smallest absolute Gasteiger partial charge is 0.262 e. The molecule has 2 rings (SSSR count). The van der Waals surface area contributed by atoms with Gasteiger partial charge in [0, 0.05) is 31.9 Å². The third-order valence-corrected chi connectivity index (χ3v) is 5.45. The average Bonchev–Trinajstić information content (AvgIpc) is 2.96. The molecule has 0 saturated carbocycles. The number of likely N-dealkylation sites (N-methyl/N-ethyl adjacent to an activating group) is 1. The van der Waals surface area contributed by atoms with E-state index in [2.05, 4.69) is 10.3 Å². The molecule has 2 heterocycles. The minimum atomic E-state index is -3.46. The molecule has 8 heteroatoms. The fourth-order valence-corrected chi connectivity index (χ4v) is 4.30. The number of hydrogen-bond acceptors (Lipinski definition) is 4. The van der Waals surface area contributed by atoms with E-state index >= 15 is 0 Å². The van der Waals surface area contributed by atoms with Crippen LogP contribution in [-0.2, 0) is 16.6 Å². The summed E-state index contributed by atoms with van der Waals surface area (Å²) in [5.74, 6) is 0.741. The van der Waals surface area contributed by atoms with Crippen LogP contribution in [0.15, 0.2) is 11.2 Å². The Hall–Kier alpha value is -0.630. The normalized spacial score (nSPS) is 20.1. The molecule has 1 fully saturated rings. The predicted molar refractivity (Wildman–Crippen MR) is 80.7 cm³/mol. The molecule has 1 aliphatic rings. The zero-order chi connectivity index (χ0) is 14.0. The maximum absolute atomic E-state index is 12.6. The monoisotopic (exact) mass is 322 g/mol. The number of aryl methyl sites for hydroxylation is 2. The van der Waals surface area contributed by atoms with Gasteiger partial charge in [0.2, 0.25) is 0 Å². The van der Waals surface area contributed by atoms with Gasteiger partial charge in [0.25, 0.3) is 10.0 Å². The summed E-state index contributed by atoms with van der Waals surface area (Å²) in [6.45, 7) is 5.82. The molecule has 0 aromatic carbocycles. The van der Waals surface area contributed by atoms with E-state index in [1.165, 1.54) is 0 Å². The minimum absolute atomic E-state index is 0. The molecule has 0 amide bonds. The maximum Gasteiger partial charge on any atom is 0.262 e. The number of nitrogens with zero attached hydrogens (tertiary/aromatic N) is 3. The van der Waals surface area contributed by atoms with Gasteiger partial charge >= 0.3 is 0 Å². The van der Waals surface area contributed by atoms with Crippen LogP contribution in [0, 0.1) is 6.92 Å². The Morgan fingerprint density at radius 3 is 2.75 bits per heavy atom. The average molecular weight is 323 g/mol. The first-order chi connectivity index (χ1) is 9.00. The molecule has 0 radical (unpaired) electrons. The van der Waals surface area contributed by atoms with Crippen molar-refractivity contribution in [2.24, 2.45) is 0 Å². The van der Waals surface area contributed by atoms with Crippen molar-refractivity contribution in [2.45, 2.75) is 44.3 Å². The first-order valence-electron chi connectivity index (χ1n) is 6.71. The van der Waals surface area contributed by atoms with E-state index in [9.17, 15) is 8.42 Å². The van der Waals surface area contributed by atoms with E-state index in [0.29, 0.717) is 13.1 Å². The first kappa shape index (κ1) is 17.4. The Balaban J connectivity index is 0.00000200. The second-order valence-corrected chi connectivity index (χ2v) is 6.72. The van der Waals surface area contributed by atoms with Crippen molar-refractivity contribution < 1.29 is 8.42 Å². The Kier molecular flexibility index (Phi) is 6.00. The lowest BCUT2D eigenvalue weighted by molar-refractivity contribution is 0.378. The molecule has 116 valence electrons. The summed E-state index contributed by atoms with van der Waals surface area (Å²) in [5.41, 5.74) is 0. The van der Waals surface area contributed by atoms with Crippen LogP contribution in [0.5, 0.6) is 0 Å². The fourth-order valence-electron chi connectivity index (χ4n) is 2.61. The Bertz CT molecular complexity index is 544. The number of imidazole rings is 1. The van der Waals surface area contributed by atoms with Crippen molar-refractivity contribution >= 4 is 22.4 Å². The largest absolute Gasteiger partial charge is 0.334 e. The van der Waals surface area contributed by atoms with Gasteiger partial charge in [-0.2, -0.15) is 4.31 Å². The summed E-state index contributed by atoms with van der Waals surface area (Å²) in [6.07, 6.45) is 3.46. The van der Waals surface area contributed by atoms with Crippen LogP contribution in [0.1, 0.15) is 25.6 Å². The van der Waals surface area contributed by atoms with Crippen molar-refractivity contribution in [1.82, 2.24) is 19.2 Å². The number of sulfonamides is 1. The van der Waals surface area contributed by atoms with Crippen molar-refractivity contribution in [3.05, 3.63) is 12.0 Å². The van der Waals surface area contributed by atoms with Crippen molar-refractivity contribution in [3.8, 4) is 0 Å². The Labute approximate surface area is 127 Å². The van der Waals surface area contributed by atoms with Crippen molar-refractivity contribution in [2.75, 3.05) is 20.1 Å². The lowest BCUT2D eigenvalue weighted by atomic mass is 10.2. The summed E-state index contributed by atoms with van der Waals surface area (Å²) in [6, 6.07) is 0.0436. The first-order valence-corrected chi connectivity index (χ1v) is 8.15. The number of aromatic nitrogens is 2. The number of hydrogen-bond donors (Lipinski definition) is 1. The van der Waals surface area contributed by atoms with Gasteiger partial charge in [-0.25, -0.2) is 13.4 Å². The van der Waals surface area contributed by atoms with Gasteiger partial charge in [0.05, 0.1) is 0 Å². The third-order valence-electron chi connectivity index (χ3n) is 3.63. The van der Waals surface area contributed by atoms with E-state index in [4.69, 9.17) is 0 Å². The molecule has 1 atom stereocenters. The standard InChI is InChI=1S/C12H22N4O2S.ClH/c1-4-15-9-12(14-10(15)2)19(17,18)16-7-5-6-11(16)8-13-3;/h9,11,13H,4-8H2,1-3H3;1H. The quantitative estimate of drug-likeness (QED) is 0.878. The zero-order valence-corrected chi connectivity index (χ0v) is 13.8. The summed E-state index contributed by atoms with van der Waals surface area (Å²) < 4.78 is 28.7. The van der Waals surface area contributed by atoms with Gasteiger partial charge in [-0.05, 0) is 33.7 Å². The molecular formula is C12H23ClN4O2S. The molecule has 20 heavy (non-hydrogen) atoms. The topological polar surface area (TPSA) is 67.2 Å². The van der Waals surface area contributed by atoms with Crippen molar-refractivity contribution in [1.29, 1.82) is 0 Å². The van der Waals surface area contributed by atoms with E-state index in [1.807, 2.05) is 25.5 Å². The second-order valence-electron chi connectivity index (χ2n) is 4.88. The lowest BCUT2D eigenvalue weighted by Crippen LogP contribution is -2.40. The molecule has 6 nitrogen and oxygen atoms in total. The Morgan fingerprint density at radius 2 is 2.20 bits per heavy atom. The van der Waals surface area contributed by atoms with Gasteiger partial charge in [0.1, 0.15) is 5.82 Å². The fraction of sp³-hybridized carbons (Fsp3) is 0.750. The van der Waals surface area contributed by atoms with E-state index in [-0.39, 0.29) is 23.5 Å². The maximum atomic E-state index is 12.6. The summed E-state index contributed by atoms with van der Waals surface area (Å²) >= 11 is 0. The molecule has 1 aromatic rings. The summed E-state index contributed by atoms with van der Waals surface area (Å²) in [5, 5.41) is 3.24. The van der Waals surface area contributed by atoms with Crippen LogP contribution in [0.3, 0.4) is 0 Å². The lowest BCUT2D eigenvalue weighted by Gasteiger charge is -2.22. The predicted octanol–water partition coefficient (Wildman–Crippen LogP) is 1.01. The Morgan fingerprint density at radius 1 is 1.50 bits per heavy atom. The zero-order valence-electron chi connectivity index (χ0n) is 12.2. The number of nitrogens with one attached hydrogen (secondary N) is 1. The van der Waals surface area contributed by atoms with Gasteiger partial charge in [-0.1, -0.05) is 0 Å². The van der Waals surface area contributed by atoms with E-state index in [1.54, 1.807) is 10.5 Å². The van der Waals surface area contributed by atoms with Gasteiger partial charge in [-0.15, -0.1) is 12.4 Å². The summed E-state index contributed by atoms with van der Waals surface area (Å²) in [4.78, 5) is 4.21. The van der Waals surface area contributed by atoms with Gasteiger partial charge in [-0.3, -0.25) is 0 Å². The van der Waals surface area contributed by atoms with Crippen LogP contribution >= 0.6 is 12.4 Å². The minimum Gasteiger partial charge on any atom is -0.334 e. The van der Waals surface area contributed by atoms with Crippen molar-refractivity contribution in [3.63, 3.8) is 0 Å². The third kappa shape index (κ3) is 3.16. The van der Waals surface area contributed by atoms with Crippen LogP contribution in [0.2, 0.25) is 0 Å².